The van der Waals surface area contributed by atoms with Gasteiger partial charge in [0.2, 0.25) is 11.8 Å². The molecule has 31 heavy (non-hydrogen) atoms. The van der Waals surface area contributed by atoms with Crippen molar-refractivity contribution in [2.45, 2.75) is 71.3 Å². The molecule has 164 valence electrons. The highest BCUT2D eigenvalue weighted by Gasteiger charge is 2.19. The molecule has 0 saturated carbocycles. The van der Waals surface area contributed by atoms with Crippen molar-refractivity contribution in [3.05, 3.63) is 40.8 Å². The second-order valence-electron chi connectivity index (χ2n) is 8.20. The Hall–Kier alpha value is -2.74. The van der Waals surface area contributed by atoms with Gasteiger partial charge in [0.25, 0.3) is 0 Å². The van der Waals surface area contributed by atoms with E-state index in [1.807, 2.05) is 19.9 Å². The highest BCUT2D eigenvalue weighted by atomic mass is 35.5. The molecule has 0 unspecified atom stereocenters. The molecule has 1 N–H and O–H groups in total. The fourth-order valence-electron chi connectivity index (χ4n) is 3.69. The minimum Gasteiger partial charge on any atom is -0.339 e. The van der Waals surface area contributed by atoms with Crippen molar-refractivity contribution in [1.82, 2.24) is 24.9 Å². The maximum absolute atomic E-state index is 12.4. The van der Waals surface area contributed by atoms with E-state index in [2.05, 4.69) is 30.2 Å². The van der Waals surface area contributed by atoms with Crippen LogP contribution in [0.1, 0.15) is 69.4 Å². The lowest BCUT2D eigenvalue weighted by Gasteiger charge is -2.11. The largest absolute Gasteiger partial charge is 0.339 e. The number of carbonyl (C=O) groups is 1. The van der Waals surface area contributed by atoms with Gasteiger partial charge in [-0.05, 0) is 37.5 Å². The molecule has 3 aromatic rings. The number of hydrogen-bond donors (Lipinski definition) is 1. The van der Waals surface area contributed by atoms with Gasteiger partial charge in [0.05, 0.1) is 5.02 Å². The summed E-state index contributed by atoms with van der Waals surface area (Å²) in [6.45, 7) is 4.91. The van der Waals surface area contributed by atoms with Crippen LogP contribution < -0.4 is 5.32 Å². The third-order valence-corrected chi connectivity index (χ3v) is 5.72. The average molecular weight is 443 g/mol. The summed E-state index contributed by atoms with van der Waals surface area (Å²) in [5.41, 5.74) is 1.47. The molecule has 8 nitrogen and oxygen atoms in total. The Morgan fingerprint density at radius 2 is 2.13 bits per heavy atom. The van der Waals surface area contributed by atoms with Crippen molar-refractivity contribution in [2.75, 3.05) is 5.32 Å². The van der Waals surface area contributed by atoms with Crippen molar-refractivity contribution in [3.63, 3.8) is 0 Å². The minimum absolute atomic E-state index is 0.0723. The van der Waals surface area contributed by atoms with E-state index in [1.165, 1.54) is 6.42 Å². The number of rotatable bonds is 7. The molecule has 0 aliphatic carbocycles. The molecule has 0 saturated heterocycles. The van der Waals surface area contributed by atoms with Crippen LogP contribution in [0.3, 0.4) is 0 Å². The molecule has 0 atom stereocenters. The van der Waals surface area contributed by atoms with Gasteiger partial charge in [0, 0.05) is 43.0 Å². The standard InChI is InChI=1S/C22H27ClN6O2/c1-14(2)21-25-20(31-28-21)9-6-8-19(30)24-15-10-11-17(23)16(13-15)22-27-26-18-7-4-3-5-12-29(18)22/h10-11,13-14H,3-9,12H2,1-2H3,(H,24,30). The van der Waals surface area contributed by atoms with E-state index < -0.39 is 0 Å². The van der Waals surface area contributed by atoms with Crippen LogP contribution in [0.4, 0.5) is 5.69 Å². The number of carbonyl (C=O) groups excluding carboxylic acids is 1. The second-order valence-corrected chi connectivity index (χ2v) is 8.61. The molecule has 0 fully saturated rings. The van der Waals surface area contributed by atoms with E-state index in [1.54, 1.807) is 12.1 Å². The highest BCUT2D eigenvalue weighted by molar-refractivity contribution is 6.33. The fourth-order valence-corrected chi connectivity index (χ4v) is 3.89. The van der Waals surface area contributed by atoms with Crippen molar-refractivity contribution < 1.29 is 9.32 Å². The Kier molecular flexibility index (Phi) is 6.65. The second kappa shape index (κ2) is 9.60. The van der Waals surface area contributed by atoms with Gasteiger partial charge in [-0.2, -0.15) is 4.98 Å². The summed E-state index contributed by atoms with van der Waals surface area (Å²) in [6.07, 6.45) is 5.91. The number of nitrogens with zero attached hydrogens (tertiary/aromatic N) is 5. The first-order chi connectivity index (χ1) is 15.0. The number of aromatic nitrogens is 5. The number of fused-ring (bicyclic) bond motifs is 1. The predicted molar refractivity (Wildman–Crippen MR) is 118 cm³/mol. The summed E-state index contributed by atoms with van der Waals surface area (Å²) in [5, 5.41) is 16.2. The SMILES string of the molecule is CC(C)c1noc(CCCC(=O)Nc2ccc(Cl)c(-c3nnc4n3CCCCC4)c2)n1. The number of aryl methyl sites for hydroxylation is 2. The molecular formula is C22H27ClN6O2. The Labute approximate surface area is 186 Å². The van der Waals surface area contributed by atoms with Crippen LogP contribution in [0.15, 0.2) is 22.7 Å². The van der Waals surface area contributed by atoms with Crippen LogP contribution in [-0.2, 0) is 24.2 Å². The Balaban J connectivity index is 1.39. The molecular weight excluding hydrogens is 416 g/mol. The van der Waals surface area contributed by atoms with E-state index in [4.69, 9.17) is 16.1 Å². The van der Waals surface area contributed by atoms with Gasteiger partial charge < -0.3 is 14.4 Å². The average Bonchev–Trinajstić information content (AvgIpc) is 3.31. The predicted octanol–water partition coefficient (Wildman–Crippen LogP) is 4.79. The zero-order valence-corrected chi connectivity index (χ0v) is 18.7. The molecule has 1 aliphatic heterocycles. The Bertz CT molecular complexity index is 1060. The number of hydrogen-bond acceptors (Lipinski definition) is 6. The van der Waals surface area contributed by atoms with E-state index >= 15 is 0 Å². The Morgan fingerprint density at radius 3 is 2.94 bits per heavy atom. The fraction of sp³-hybridized carbons (Fsp3) is 0.500. The summed E-state index contributed by atoms with van der Waals surface area (Å²) in [5.74, 6) is 3.17. The maximum atomic E-state index is 12.4. The lowest BCUT2D eigenvalue weighted by Crippen LogP contribution is -2.12. The molecule has 1 amide bonds. The topological polar surface area (TPSA) is 98.7 Å². The van der Waals surface area contributed by atoms with Gasteiger partial charge >= 0.3 is 0 Å². The lowest BCUT2D eigenvalue weighted by atomic mass is 10.1. The highest BCUT2D eigenvalue weighted by Crippen LogP contribution is 2.31. The van der Waals surface area contributed by atoms with E-state index in [0.717, 1.165) is 43.0 Å². The van der Waals surface area contributed by atoms with Gasteiger partial charge in [-0.25, -0.2) is 0 Å². The van der Waals surface area contributed by atoms with Crippen molar-refractivity contribution >= 4 is 23.2 Å². The molecule has 2 aromatic heterocycles. The molecule has 3 heterocycles. The third-order valence-electron chi connectivity index (χ3n) is 5.40. The number of amides is 1. The monoisotopic (exact) mass is 442 g/mol. The molecule has 0 spiro atoms. The minimum atomic E-state index is -0.0723. The first-order valence-corrected chi connectivity index (χ1v) is 11.2. The van der Waals surface area contributed by atoms with E-state index in [9.17, 15) is 4.79 Å². The van der Waals surface area contributed by atoms with Gasteiger partial charge in [0.1, 0.15) is 5.82 Å². The number of nitrogens with one attached hydrogen (secondary N) is 1. The first kappa shape index (κ1) is 21.5. The summed E-state index contributed by atoms with van der Waals surface area (Å²) in [4.78, 5) is 16.8. The maximum Gasteiger partial charge on any atom is 0.226 e. The van der Waals surface area contributed by atoms with Crippen LogP contribution in [0.5, 0.6) is 0 Å². The van der Waals surface area contributed by atoms with E-state index in [0.29, 0.717) is 41.7 Å². The van der Waals surface area contributed by atoms with Crippen molar-refractivity contribution in [2.24, 2.45) is 0 Å². The molecule has 0 bridgehead atoms. The normalized spacial score (nSPS) is 13.8. The molecule has 0 radical (unpaired) electrons. The van der Waals surface area contributed by atoms with E-state index in [-0.39, 0.29) is 11.8 Å². The van der Waals surface area contributed by atoms with Crippen molar-refractivity contribution in [3.8, 4) is 11.4 Å². The summed E-state index contributed by atoms with van der Waals surface area (Å²) < 4.78 is 7.38. The van der Waals surface area contributed by atoms with Crippen molar-refractivity contribution in [1.29, 1.82) is 0 Å². The van der Waals surface area contributed by atoms with Crippen LogP contribution in [0.25, 0.3) is 11.4 Å². The number of halogens is 1. The first-order valence-electron chi connectivity index (χ1n) is 10.9. The van der Waals surface area contributed by atoms with Crippen LogP contribution in [0.2, 0.25) is 5.02 Å². The smallest absolute Gasteiger partial charge is 0.226 e. The van der Waals surface area contributed by atoms with Gasteiger partial charge in [0.15, 0.2) is 11.6 Å². The number of benzene rings is 1. The quantitative estimate of drug-likeness (QED) is 0.564. The molecule has 4 rings (SSSR count). The van der Waals surface area contributed by atoms with Gasteiger partial charge in [-0.15, -0.1) is 10.2 Å². The summed E-state index contributed by atoms with van der Waals surface area (Å²) in [7, 11) is 0. The Morgan fingerprint density at radius 1 is 1.26 bits per heavy atom. The lowest BCUT2D eigenvalue weighted by molar-refractivity contribution is -0.116. The summed E-state index contributed by atoms with van der Waals surface area (Å²) >= 11 is 6.47. The zero-order chi connectivity index (χ0) is 21.8. The summed E-state index contributed by atoms with van der Waals surface area (Å²) in [6, 6.07) is 5.46. The van der Waals surface area contributed by atoms with Gasteiger partial charge in [-0.3, -0.25) is 4.79 Å². The van der Waals surface area contributed by atoms with Gasteiger partial charge in [-0.1, -0.05) is 37.0 Å². The van der Waals surface area contributed by atoms with Crippen LogP contribution >= 0.6 is 11.6 Å². The molecule has 9 heteroatoms. The zero-order valence-electron chi connectivity index (χ0n) is 17.9. The third kappa shape index (κ3) is 5.12. The number of anilines is 1. The molecule has 1 aliphatic rings. The van der Waals surface area contributed by atoms with Crippen LogP contribution in [0, 0.1) is 0 Å². The van der Waals surface area contributed by atoms with Crippen LogP contribution in [-0.4, -0.2) is 30.8 Å². The molecule has 1 aromatic carbocycles.